The smallest absolute Gasteiger partial charge is 0.172 e. The molecule has 0 bridgehead atoms. The van der Waals surface area contributed by atoms with Gasteiger partial charge in [0.1, 0.15) is 0 Å². The maximum Gasteiger partial charge on any atom is 0.172 e. The van der Waals surface area contributed by atoms with Crippen LogP contribution in [0, 0.1) is 0 Å². The van der Waals surface area contributed by atoms with Gasteiger partial charge in [0.2, 0.25) is 0 Å². The zero-order chi connectivity index (χ0) is 11.6. The molecule has 1 aromatic carbocycles. The summed E-state index contributed by atoms with van der Waals surface area (Å²) in [6.45, 7) is 1.46. The van der Waals surface area contributed by atoms with Crippen molar-refractivity contribution in [2.45, 2.75) is 31.5 Å². The Balaban J connectivity index is 1.95. The van der Waals surface area contributed by atoms with E-state index in [1.54, 1.807) is 0 Å². The fraction of sp³-hybridized carbons (Fsp3) is 0.467. The minimum atomic E-state index is -0.359. The molecule has 1 spiro atoms. The van der Waals surface area contributed by atoms with Crippen LogP contribution >= 0.6 is 0 Å². The van der Waals surface area contributed by atoms with Crippen LogP contribution in [0.4, 0.5) is 0 Å². The molecule has 17 heavy (non-hydrogen) atoms. The highest BCUT2D eigenvalue weighted by atomic mass is 16.7. The van der Waals surface area contributed by atoms with Crippen molar-refractivity contribution >= 4 is 6.08 Å². The highest BCUT2D eigenvalue weighted by Crippen LogP contribution is 2.32. The largest absolute Gasteiger partial charge is 0.347 e. The van der Waals surface area contributed by atoms with Crippen molar-refractivity contribution in [1.29, 1.82) is 0 Å². The Labute approximate surface area is 102 Å². The van der Waals surface area contributed by atoms with E-state index in [0.29, 0.717) is 0 Å². The number of rotatable bonds is 0. The summed E-state index contributed by atoms with van der Waals surface area (Å²) < 4.78 is 11.8. The molecule has 1 fully saturated rings. The molecule has 0 atom stereocenters. The van der Waals surface area contributed by atoms with Gasteiger partial charge in [-0.15, -0.1) is 0 Å². The molecule has 2 nitrogen and oxygen atoms in total. The van der Waals surface area contributed by atoms with Crippen LogP contribution in [0.2, 0.25) is 0 Å². The molecule has 1 aliphatic carbocycles. The quantitative estimate of drug-likeness (QED) is 0.681. The standard InChI is InChI=1S/C15H18O2/c1-2-6-13-7-3-4-8-14(13)12-15(9-5-1)16-10-11-17-15/h2-4,6-8H,1,5,9-12H2. The summed E-state index contributed by atoms with van der Waals surface area (Å²) in [4.78, 5) is 0. The van der Waals surface area contributed by atoms with Crippen LogP contribution in [-0.4, -0.2) is 19.0 Å². The van der Waals surface area contributed by atoms with Gasteiger partial charge >= 0.3 is 0 Å². The van der Waals surface area contributed by atoms with Gasteiger partial charge in [0.25, 0.3) is 0 Å². The molecule has 0 saturated carbocycles. The van der Waals surface area contributed by atoms with E-state index in [0.717, 1.165) is 38.9 Å². The van der Waals surface area contributed by atoms with Gasteiger partial charge in [0, 0.05) is 12.8 Å². The van der Waals surface area contributed by atoms with E-state index in [1.165, 1.54) is 11.1 Å². The predicted molar refractivity (Wildman–Crippen MR) is 67.7 cm³/mol. The maximum atomic E-state index is 5.88. The molecule has 1 saturated heterocycles. The van der Waals surface area contributed by atoms with Crippen LogP contribution in [0.1, 0.15) is 30.4 Å². The van der Waals surface area contributed by atoms with Gasteiger partial charge in [0.05, 0.1) is 13.2 Å². The lowest BCUT2D eigenvalue weighted by Gasteiger charge is -2.27. The molecule has 1 aliphatic heterocycles. The lowest BCUT2D eigenvalue weighted by molar-refractivity contribution is -0.161. The molecule has 1 heterocycles. The van der Waals surface area contributed by atoms with E-state index in [4.69, 9.17) is 9.47 Å². The van der Waals surface area contributed by atoms with E-state index in [9.17, 15) is 0 Å². The minimum absolute atomic E-state index is 0.359. The number of hydrogen-bond acceptors (Lipinski definition) is 2. The third kappa shape index (κ3) is 2.28. The third-order valence-corrected chi connectivity index (χ3v) is 3.55. The van der Waals surface area contributed by atoms with Crippen LogP contribution in [0.3, 0.4) is 0 Å². The Kier molecular flexibility index (Phi) is 3.00. The van der Waals surface area contributed by atoms with E-state index in [2.05, 4.69) is 36.4 Å². The number of ether oxygens (including phenoxy) is 2. The van der Waals surface area contributed by atoms with Crippen molar-refractivity contribution < 1.29 is 9.47 Å². The van der Waals surface area contributed by atoms with Crippen molar-refractivity contribution in [2.24, 2.45) is 0 Å². The van der Waals surface area contributed by atoms with Crippen molar-refractivity contribution in [1.82, 2.24) is 0 Å². The van der Waals surface area contributed by atoms with E-state index >= 15 is 0 Å². The van der Waals surface area contributed by atoms with Crippen molar-refractivity contribution in [3.05, 3.63) is 41.5 Å². The topological polar surface area (TPSA) is 18.5 Å². The average Bonchev–Trinajstić information content (AvgIpc) is 2.82. The van der Waals surface area contributed by atoms with Gasteiger partial charge in [-0.25, -0.2) is 0 Å². The number of benzene rings is 1. The van der Waals surface area contributed by atoms with Crippen LogP contribution in [0.15, 0.2) is 30.3 Å². The van der Waals surface area contributed by atoms with Gasteiger partial charge in [-0.1, -0.05) is 36.4 Å². The summed E-state index contributed by atoms with van der Waals surface area (Å²) in [6.07, 6.45) is 8.57. The molecule has 0 radical (unpaired) electrons. The highest BCUT2D eigenvalue weighted by molar-refractivity contribution is 5.54. The van der Waals surface area contributed by atoms with Gasteiger partial charge in [-0.3, -0.25) is 0 Å². The van der Waals surface area contributed by atoms with Crippen LogP contribution < -0.4 is 0 Å². The Morgan fingerprint density at radius 2 is 1.88 bits per heavy atom. The van der Waals surface area contributed by atoms with E-state index < -0.39 is 0 Å². The molecule has 2 aliphatic rings. The third-order valence-electron chi connectivity index (χ3n) is 3.55. The molecule has 0 unspecified atom stereocenters. The van der Waals surface area contributed by atoms with Gasteiger partial charge in [-0.2, -0.15) is 0 Å². The van der Waals surface area contributed by atoms with Gasteiger partial charge in [-0.05, 0) is 24.0 Å². The zero-order valence-corrected chi connectivity index (χ0v) is 10.0. The first kappa shape index (κ1) is 11.0. The number of hydrogen-bond donors (Lipinski definition) is 0. The molecule has 1 aromatic rings. The molecular formula is C15H18O2. The Morgan fingerprint density at radius 1 is 1.06 bits per heavy atom. The summed E-state index contributed by atoms with van der Waals surface area (Å²) in [5, 5.41) is 0. The SMILES string of the molecule is C1=Cc2ccccc2CC2(CCC1)OCCO2. The molecule has 0 amide bonds. The fourth-order valence-electron chi connectivity index (χ4n) is 2.68. The van der Waals surface area contributed by atoms with Crippen LogP contribution in [-0.2, 0) is 15.9 Å². The first-order valence-electron chi connectivity index (χ1n) is 6.40. The van der Waals surface area contributed by atoms with Crippen molar-refractivity contribution in [2.75, 3.05) is 13.2 Å². The fourth-order valence-corrected chi connectivity index (χ4v) is 2.68. The van der Waals surface area contributed by atoms with E-state index in [-0.39, 0.29) is 5.79 Å². The van der Waals surface area contributed by atoms with Crippen LogP contribution in [0.25, 0.3) is 6.08 Å². The summed E-state index contributed by atoms with van der Waals surface area (Å²) in [5.41, 5.74) is 2.63. The molecule has 90 valence electrons. The predicted octanol–water partition coefficient (Wildman–Crippen LogP) is 3.17. The first-order chi connectivity index (χ1) is 8.38. The van der Waals surface area contributed by atoms with Gasteiger partial charge < -0.3 is 9.47 Å². The molecular weight excluding hydrogens is 212 g/mol. The van der Waals surface area contributed by atoms with Crippen molar-refractivity contribution in [3.63, 3.8) is 0 Å². The van der Waals surface area contributed by atoms with Crippen molar-refractivity contribution in [3.8, 4) is 0 Å². The minimum Gasteiger partial charge on any atom is -0.347 e. The Bertz CT molecular complexity index is 417. The molecule has 0 aromatic heterocycles. The summed E-state index contributed by atoms with van der Waals surface area (Å²) in [6, 6.07) is 8.52. The summed E-state index contributed by atoms with van der Waals surface area (Å²) in [5.74, 6) is -0.359. The van der Waals surface area contributed by atoms with E-state index in [1.807, 2.05) is 0 Å². The lowest BCUT2D eigenvalue weighted by Crippen LogP contribution is -2.33. The van der Waals surface area contributed by atoms with Gasteiger partial charge in [0.15, 0.2) is 5.79 Å². The summed E-state index contributed by atoms with van der Waals surface area (Å²) in [7, 11) is 0. The molecule has 3 rings (SSSR count). The lowest BCUT2D eigenvalue weighted by atomic mass is 9.97. The molecule has 0 N–H and O–H groups in total. The molecule has 2 heteroatoms. The van der Waals surface area contributed by atoms with Crippen LogP contribution in [0.5, 0.6) is 0 Å². The monoisotopic (exact) mass is 230 g/mol. The second-order valence-corrected chi connectivity index (χ2v) is 4.78. The highest BCUT2D eigenvalue weighted by Gasteiger charge is 2.36. The number of allylic oxidation sites excluding steroid dienone is 1. The second kappa shape index (κ2) is 4.63. The normalized spacial score (nSPS) is 22.8. The zero-order valence-electron chi connectivity index (χ0n) is 10.0. The Morgan fingerprint density at radius 3 is 2.76 bits per heavy atom. The average molecular weight is 230 g/mol. The second-order valence-electron chi connectivity index (χ2n) is 4.78. The Hall–Kier alpha value is -1.12. The maximum absolute atomic E-state index is 5.88. The number of fused-ring (bicyclic) bond motifs is 1. The first-order valence-corrected chi connectivity index (χ1v) is 6.40. The summed E-state index contributed by atoms with van der Waals surface area (Å²) >= 11 is 0.